The summed E-state index contributed by atoms with van der Waals surface area (Å²) in [6.07, 6.45) is 3.10. The maximum Gasteiger partial charge on any atom is 0.238 e. The number of carbonyl (C=O) groups excluding carboxylic acids is 2. The molecule has 78 valence electrons. The Hall–Kier alpha value is -1.30. The van der Waals surface area contributed by atoms with Gasteiger partial charge in [0, 0.05) is 12.3 Å². The highest BCUT2D eigenvalue weighted by molar-refractivity contribution is 9.10. The molecule has 1 aliphatic rings. The third-order valence-corrected chi connectivity index (χ3v) is 2.62. The lowest BCUT2D eigenvalue weighted by Gasteiger charge is -2.11. The molecule has 2 amide bonds. The molecule has 0 aliphatic carbocycles. The van der Waals surface area contributed by atoms with Crippen LogP contribution in [0.1, 0.15) is 13.3 Å². The van der Waals surface area contributed by atoms with Gasteiger partial charge in [0.25, 0.3) is 0 Å². The zero-order valence-electron chi connectivity index (χ0n) is 7.98. The van der Waals surface area contributed by atoms with Crippen molar-refractivity contribution in [3.05, 3.63) is 17.0 Å². The molecule has 1 fully saturated rings. The molecule has 1 saturated heterocycles. The first-order valence-electron chi connectivity index (χ1n) is 4.44. The van der Waals surface area contributed by atoms with Gasteiger partial charge in [-0.1, -0.05) is 6.92 Å². The van der Waals surface area contributed by atoms with Crippen molar-refractivity contribution in [2.75, 3.05) is 4.90 Å². The molecule has 1 aromatic heterocycles. The molecular formula is C9H8BrN3O2. The van der Waals surface area contributed by atoms with E-state index in [1.165, 1.54) is 12.4 Å². The summed E-state index contributed by atoms with van der Waals surface area (Å²) in [4.78, 5) is 32.1. The van der Waals surface area contributed by atoms with Gasteiger partial charge in [0.1, 0.15) is 4.60 Å². The normalized spacial score (nSPS) is 21.2. The van der Waals surface area contributed by atoms with Gasteiger partial charge >= 0.3 is 0 Å². The largest absolute Gasteiger partial charge is 0.274 e. The van der Waals surface area contributed by atoms with E-state index in [1.807, 2.05) is 0 Å². The molecule has 0 N–H and O–H groups in total. The van der Waals surface area contributed by atoms with E-state index >= 15 is 0 Å². The molecular weight excluding hydrogens is 262 g/mol. The van der Waals surface area contributed by atoms with Gasteiger partial charge in [0.05, 0.1) is 12.4 Å². The van der Waals surface area contributed by atoms with Crippen LogP contribution in [-0.2, 0) is 9.59 Å². The highest BCUT2D eigenvalue weighted by atomic mass is 79.9. The molecule has 15 heavy (non-hydrogen) atoms. The summed E-state index contributed by atoms with van der Waals surface area (Å²) in [7, 11) is 0. The Morgan fingerprint density at radius 3 is 2.60 bits per heavy atom. The van der Waals surface area contributed by atoms with Gasteiger partial charge in [-0.15, -0.1) is 0 Å². The van der Waals surface area contributed by atoms with Crippen LogP contribution in [0.5, 0.6) is 0 Å². The first-order valence-corrected chi connectivity index (χ1v) is 5.23. The fourth-order valence-electron chi connectivity index (χ4n) is 1.45. The fraction of sp³-hybridized carbons (Fsp3) is 0.333. The summed E-state index contributed by atoms with van der Waals surface area (Å²) in [5, 5.41) is 0. The van der Waals surface area contributed by atoms with Crippen LogP contribution < -0.4 is 4.90 Å². The van der Waals surface area contributed by atoms with E-state index in [0.717, 1.165) is 4.90 Å². The number of aromatic nitrogens is 2. The number of nitrogens with zero attached hydrogens (tertiary/aromatic N) is 3. The van der Waals surface area contributed by atoms with Crippen molar-refractivity contribution < 1.29 is 9.59 Å². The number of anilines is 1. The minimum atomic E-state index is -0.261. The van der Waals surface area contributed by atoms with Crippen molar-refractivity contribution in [1.29, 1.82) is 0 Å². The number of halogens is 1. The quantitative estimate of drug-likeness (QED) is 0.718. The molecule has 0 spiro atoms. The monoisotopic (exact) mass is 269 g/mol. The summed E-state index contributed by atoms with van der Waals surface area (Å²) in [5.74, 6) is -0.402. The molecule has 1 aliphatic heterocycles. The second-order valence-corrected chi connectivity index (χ2v) is 4.18. The van der Waals surface area contributed by atoms with Gasteiger partial charge in [0.2, 0.25) is 11.8 Å². The van der Waals surface area contributed by atoms with Crippen LogP contribution in [0.25, 0.3) is 0 Å². The average molecular weight is 270 g/mol. The van der Waals surface area contributed by atoms with Crippen molar-refractivity contribution in [2.24, 2.45) is 5.92 Å². The van der Waals surface area contributed by atoms with E-state index < -0.39 is 0 Å². The zero-order chi connectivity index (χ0) is 11.0. The highest BCUT2D eigenvalue weighted by Crippen LogP contribution is 2.24. The predicted molar refractivity (Wildman–Crippen MR) is 56.0 cm³/mol. The molecule has 1 unspecified atom stereocenters. The summed E-state index contributed by atoms with van der Waals surface area (Å²) in [6.45, 7) is 1.73. The molecule has 1 aromatic rings. The third kappa shape index (κ3) is 1.77. The molecule has 0 bridgehead atoms. The minimum absolute atomic E-state index is 0.211. The summed E-state index contributed by atoms with van der Waals surface area (Å²) in [6, 6.07) is 0. The van der Waals surface area contributed by atoms with Crippen molar-refractivity contribution in [2.45, 2.75) is 13.3 Å². The van der Waals surface area contributed by atoms with Gasteiger partial charge < -0.3 is 0 Å². The number of hydrogen-bond acceptors (Lipinski definition) is 4. The number of imide groups is 1. The molecule has 6 heteroatoms. The van der Waals surface area contributed by atoms with Crippen LogP contribution in [0.4, 0.5) is 5.82 Å². The standard InChI is InChI=1S/C9H8BrN3O2/c1-5-2-8(14)13(9(5)15)7-4-11-6(10)3-12-7/h3-5H,2H2,1H3. The van der Waals surface area contributed by atoms with Crippen LogP contribution in [0, 0.1) is 5.92 Å². The SMILES string of the molecule is CC1CC(=O)N(c2cnc(Br)cn2)C1=O. The van der Waals surface area contributed by atoms with E-state index in [9.17, 15) is 9.59 Å². The maximum atomic E-state index is 11.6. The third-order valence-electron chi connectivity index (χ3n) is 2.21. The molecule has 0 aromatic carbocycles. The van der Waals surface area contributed by atoms with Crippen molar-refractivity contribution >= 4 is 33.6 Å². The van der Waals surface area contributed by atoms with E-state index in [1.54, 1.807) is 6.92 Å². The fourth-order valence-corrected chi connectivity index (χ4v) is 1.65. The van der Waals surface area contributed by atoms with Crippen LogP contribution in [-0.4, -0.2) is 21.8 Å². The number of hydrogen-bond donors (Lipinski definition) is 0. The Morgan fingerprint density at radius 1 is 1.40 bits per heavy atom. The number of carbonyl (C=O) groups is 2. The van der Waals surface area contributed by atoms with Crippen LogP contribution in [0.3, 0.4) is 0 Å². The lowest BCUT2D eigenvalue weighted by atomic mass is 10.1. The molecule has 2 heterocycles. The van der Waals surface area contributed by atoms with E-state index in [2.05, 4.69) is 25.9 Å². The van der Waals surface area contributed by atoms with Crippen LogP contribution >= 0.6 is 15.9 Å². The van der Waals surface area contributed by atoms with E-state index in [-0.39, 0.29) is 30.0 Å². The highest BCUT2D eigenvalue weighted by Gasteiger charge is 2.37. The van der Waals surface area contributed by atoms with Crippen molar-refractivity contribution in [3.63, 3.8) is 0 Å². The van der Waals surface area contributed by atoms with Crippen molar-refractivity contribution in [1.82, 2.24) is 9.97 Å². The number of amides is 2. The summed E-state index contributed by atoms with van der Waals surface area (Å²) >= 11 is 3.13. The Morgan fingerprint density at radius 2 is 2.13 bits per heavy atom. The van der Waals surface area contributed by atoms with Gasteiger partial charge in [-0.3, -0.25) is 9.59 Å². The Kier molecular flexibility index (Phi) is 2.52. The Balaban J connectivity index is 2.35. The first-order chi connectivity index (χ1) is 7.09. The van der Waals surface area contributed by atoms with E-state index in [0.29, 0.717) is 4.60 Å². The average Bonchev–Trinajstić information content (AvgIpc) is 2.44. The second-order valence-electron chi connectivity index (χ2n) is 3.37. The summed E-state index contributed by atoms with van der Waals surface area (Å²) in [5.41, 5.74) is 0. The Labute approximate surface area is 94.6 Å². The topological polar surface area (TPSA) is 63.2 Å². The summed E-state index contributed by atoms with van der Waals surface area (Å²) < 4.78 is 0.568. The van der Waals surface area contributed by atoms with Crippen LogP contribution in [0.15, 0.2) is 17.0 Å². The van der Waals surface area contributed by atoms with Crippen molar-refractivity contribution in [3.8, 4) is 0 Å². The smallest absolute Gasteiger partial charge is 0.238 e. The predicted octanol–water partition coefficient (Wildman–Crippen LogP) is 1.14. The lowest BCUT2D eigenvalue weighted by molar-refractivity contribution is -0.122. The van der Waals surface area contributed by atoms with Crippen LogP contribution in [0.2, 0.25) is 0 Å². The minimum Gasteiger partial charge on any atom is -0.274 e. The first kappa shape index (κ1) is 10.2. The Bertz CT molecular complexity index is 418. The van der Waals surface area contributed by atoms with Gasteiger partial charge in [-0.25, -0.2) is 14.9 Å². The van der Waals surface area contributed by atoms with Gasteiger partial charge in [0.15, 0.2) is 5.82 Å². The molecule has 5 nitrogen and oxygen atoms in total. The van der Waals surface area contributed by atoms with Gasteiger partial charge in [-0.2, -0.15) is 0 Å². The molecule has 0 radical (unpaired) electrons. The van der Waals surface area contributed by atoms with E-state index in [4.69, 9.17) is 0 Å². The number of rotatable bonds is 1. The lowest BCUT2D eigenvalue weighted by Crippen LogP contribution is -2.30. The zero-order valence-corrected chi connectivity index (χ0v) is 9.56. The molecule has 1 atom stereocenters. The molecule has 0 saturated carbocycles. The second kappa shape index (κ2) is 3.69. The molecule has 2 rings (SSSR count). The van der Waals surface area contributed by atoms with Gasteiger partial charge in [-0.05, 0) is 15.9 Å². The maximum absolute atomic E-state index is 11.6.